The van der Waals surface area contributed by atoms with Gasteiger partial charge in [-0.05, 0) is 36.1 Å². The Balaban J connectivity index is 1.52. The van der Waals surface area contributed by atoms with E-state index in [1.807, 2.05) is 49.4 Å². The molecular weight excluding hydrogens is 398 g/mol. The van der Waals surface area contributed by atoms with Crippen LogP contribution >= 0.6 is 0 Å². The summed E-state index contributed by atoms with van der Waals surface area (Å²) in [6.45, 7) is 8.58. The Labute approximate surface area is 179 Å². The van der Waals surface area contributed by atoms with Crippen molar-refractivity contribution in [2.75, 3.05) is 32.7 Å². The van der Waals surface area contributed by atoms with E-state index in [9.17, 15) is 13.2 Å². The molecule has 2 aromatic carbocycles. The Morgan fingerprint density at radius 2 is 1.57 bits per heavy atom. The van der Waals surface area contributed by atoms with E-state index in [2.05, 4.69) is 19.2 Å². The summed E-state index contributed by atoms with van der Waals surface area (Å²) < 4.78 is 27.4. The van der Waals surface area contributed by atoms with Gasteiger partial charge in [0.05, 0.1) is 37.1 Å². The van der Waals surface area contributed by atoms with Crippen molar-refractivity contribution in [3.8, 4) is 0 Å². The predicted octanol–water partition coefficient (Wildman–Crippen LogP) is 1.58. The second-order valence-electron chi connectivity index (χ2n) is 8.25. The van der Waals surface area contributed by atoms with Crippen LogP contribution in [0.2, 0.25) is 0 Å². The highest BCUT2D eigenvalue weighted by molar-refractivity contribution is 7.89. The molecule has 2 N–H and O–H groups in total. The zero-order valence-corrected chi connectivity index (χ0v) is 18.8. The summed E-state index contributed by atoms with van der Waals surface area (Å²) in [5.74, 6) is 0.353. The summed E-state index contributed by atoms with van der Waals surface area (Å²) in [7, 11) is -3.49. The lowest BCUT2D eigenvalue weighted by Gasteiger charge is -2.31. The first-order valence-electron chi connectivity index (χ1n) is 10.6. The quantitative estimate of drug-likeness (QED) is 0.701. The average molecular weight is 431 g/mol. The van der Waals surface area contributed by atoms with E-state index in [0.29, 0.717) is 43.5 Å². The topological polar surface area (TPSA) is 70.9 Å². The van der Waals surface area contributed by atoms with E-state index in [1.165, 1.54) is 4.31 Å². The van der Waals surface area contributed by atoms with Crippen molar-refractivity contribution in [3.63, 3.8) is 0 Å². The molecule has 1 aliphatic rings. The lowest BCUT2D eigenvalue weighted by Crippen LogP contribution is -3.15. The molecule has 0 unspecified atom stereocenters. The van der Waals surface area contributed by atoms with Crippen LogP contribution in [0.1, 0.15) is 43.9 Å². The van der Waals surface area contributed by atoms with Gasteiger partial charge in [0.25, 0.3) is 5.91 Å². The van der Waals surface area contributed by atoms with Crippen LogP contribution in [0.3, 0.4) is 0 Å². The smallest absolute Gasteiger partial charge is 0.275 e. The Hall–Kier alpha value is -2.22. The van der Waals surface area contributed by atoms with E-state index < -0.39 is 10.0 Å². The van der Waals surface area contributed by atoms with Crippen molar-refractivity contribution >= 4 is 15.9 Å². The maximum absolute atomic E-state index is 12.9. The predicted molar refractivity (Wildman–Crippen MR) is 118 cm³/mol. The molecule has 30 heavy (non-hydrogen) atoms. The second-order valence-corrected chi connectivity index (χ2v) is 10.2. The number of carbonyl (C=O) groups excluding carboxylic acids is 1. The van der Waals surface area contributed by atoms with Crippen LogP contribution in [-0.2, 0) is 14.8 Å². The molecule has 7 heteroatoms. The highest BCUT2D eigenvalue weighted by atomic mass is 32.2. The lowest BCUT2D eigenvalue weighted by molar-refractivity contribution is -0.895. The van der Waals surface area contributed by atoms with Crippen LogP contribution in [0.25, 0.3) is 0 Å². The Morgan fingerprint density at radius 3 is 2.13 bits per heavy atom. The number of sulfonamides is 1. The minimum absolute atomic E-state index is 0.0121. The fraction of sp³-hybridized carbons (Fsp3) is 0.435. The van der Waals surface area contributed by atoms with Gasteiger partial charge < -0.3 is 10.2 Å². The van der Waals surface area contributed by atoms with Gasteiger partial charge in [-0.25, -0.2) is 8.42 Å². The van der Waals surface area contributed by atoms with Gasteiger partial charge in [-0.1, -0.05) is 56.3 Å². The van der Waals surface area contributed by atoms with E-state index in [0.717, 1.165) is 16.0 Å². The van der Waals surface area contributed by atoms with Gasteiger partial charge in [0.15, 0.2) is 6.54 Å². The molecular formula is C23H32N3O3S+. The molecule has 1 saturated heterocycles. The fourth-order valence-electron chi connectivity index (χ4n) is 3.74. The number of hydrogen-bond acceptors (Lipinski definition) is 3. The third-order valence-electron chi connectivity index (χ3n) is 5.70. The molecule has 0 aliphatic carbocycles. The molecule has 1 aliphatic heterocycles. The van der Waals surface area contributed by atoms with Gasteiger partial charge in [0.2, 0.25) is 10.0 Å². The van der Waals surface area contributed by atoms with E-state index in [1.54, 1.807) is 12.1 Å². The molecule has 0 radical (unpaired) electrons. The van der Waals surface area contributed by atoms with E-state index in [-0.39, 0.29) is 11.9 Å². The van der Waals surface area contributed by atoms with Gasteiger partial charge in [0, 0.05) is 0 Å². The summed E-state index contributed by atoms with van der Waals surface area (Å²) in [5.41, 5.74) is 2.19. The molecule has 0 saturated carbocycles. The zero-order chi connectivity index (χ0) is 21.7. The summed E-state index contributed by atoms with van der Waals surface area (Å²) >= 11 is 0. The number of amides is 1. The van der Waals surface area contributed by atoms with Crippen LogP contribution < -0.4 is 10.2 Å². The van der Waals surface area contributed by atoms with Gasteiger partial charge in [-0.3, -0.25) is 4.79 Å². The number of quaternary nitrogens is 1. The SMILES string of the molecule is CC(C)c1ccc(S(=O)(=O)N2CC[NH+](CC(=O)N[C@@H](C)c3ccccc3)CC2)cc1. The zero-order valence-electron chi connectivity index (χ0n) is 18.0. The summed E-state index contributed by atoms with van der Waals surface area (Å²) in [4.78, 5) is 13.9. The third-order valence-corrected chi connectivity index (χ3v) is 7.61. The number of benzene rings is 2. The molecule has 1 fully saturated rings. The molecule has 0 spiro atoms. The minimum Gasteiger partial charge on any atom is -0.345 e. The van der Waals surface area contributed by atoms with Gasteiger partial charge in [0.1, 0.15) is 0 Å². The van der Waals surface area contributed by atoms with Crippen LogP contribution in [0.4, 0.5) is 0 Å². The maximum atomic E-state index is 12.9. The van der Waals surface area contributed by atoms with Gasteiger partial charge in [-0.2, -0.15) is 4.31 Å². The highest BCUT2D eigenvalue weighted by Crippen LogP contribution is 2.20. The summed E-state index contributed by atoms with van der Waals surface area (Å²) in [5, 5.41) is 3.03. The van der Waals surface area contributed by atoms with Crippen molar-refractivity contribution < 1.29 is 18.1 Å². The molecule has 1 heterocycles. The Bertz CT molecular complexity index is 935. The molecule has 6 nitrogen and oxygen atoms in total. The van der Waals surface area contributed by atoms with Crippen molar-refractivity contribution in [1.29, 1.82) is 0 Å². The Kier molecular flexibility index (Phi) is 7.28. The first-order chi connectivity index (χ1) is 14.3. The molecule has 1 atom stereocenters. The monoisotopic (exact) mass is 430 g/mol. The molecule has 0 bridgehead atoms. The fourth-order valence-corrected chi connectivity index (χ4v) is 5.18. The third kappa shape index (κ3) is 5.47. The minimum atomic E-state index is -3.49. The van der Waals surface area contributed by atoms with Crippen molar-refractivity contribution in [1.82, 2.24) is 9.62 Å². The first-order valence-corrected chi connectivity index (χ1v) is 12.0. The number of rotatable bonds is 7. The number of nitrogens with zero attached hydrogens (tertiary/aromatic N) is 1. The molecule has 2 aromatic rings. The van der Waals surface area contributed by atoms with Crippen LogP contribution in [0.15, 0.2) is 59.5 Å². The number of carbonyl (C=O) groups is 1. The van der Waals surface area contributed by atoms with Crippen LogP contribution in [0.5, 0.6) is 0 Å². The molecule has 162 valence electrons. The maximum Gasteiger partial charge on any atom is 0.275 e. The summed E-state index contributed by atoms with van der Waals surface area (Å²) in [6, 6.07) is 17.0. The Morgan fingerprint density at radius 1 is 0.967 bits per heavy atom. The molecule has 1 amide bonds. The van der Waals surface area contributed by atoms with E-state index >= 15 is 0 Å². The van der Waals surface area contributed by atoms with Gasteiger partial charge >= 0.3 is 0 Å². The average Bonchev–Trinajstić information content (AvgIpc) is 2.74. The van der Waals surface area contributed by atoms with Crippen LogP contribution in [0, 0.1) is 0 Å². The molecule has 3 rings (SSSR count). The van der Waals surface area contributed by atoms with Gasteiger partial charge in [-0.15, -0.1) is 0 Å². The van der Waals surface area contributed by atoms with Crippen molar-refractivity contribution in [2.45, 2.75) is 37.6 Å². The van der Waals surface area contributed by atoms with Crippen molar-refractivity contribution in [2.24, 2.45) is 0 Å². The molecule has 0 aromatic heterocycles. The van der Waals surface area contributed by atoms with E-state index in [4.69, 9.17) is 0 Å². The van der Waals surface area contributed by atoms with Crippen molar-refractivity contribution in [3.05, 3.63) is 65.7 Å². The second kappa shape index (κ2) is 9.73. The number of piperazine rings is 1. The number of hydrogen-bond donors (Lipinski definition) is 2. The highest BCUT2D eigenvalue weighted by Gasteiger charge is 2.31. The normalized spacial score (nSPS) is 17.1. The standard InChI is InChI=1S/C23H31N3O3S/c1-18(2)20-9-11-22(12-10-20)30(28,29)26-15-13-25(14-16-26)17-23(27)24-19(3)21-7-5-4-6-8-21/h4-12,18-19H,13-17H2,1-3H3,(H,24,27)/p+1/t19-/m0/s1. The first kappa shape index (κ1) is 22.5. The lowest BCUT2D eigenvalue weighted by atomic mass is 10.0. The van der Waals surface area contributed by atoms with Crippen LogP contribution in [-0.4, -0.2) is 51.4 Å². The number of nitrogens with one attached hydrogen (secondary N) is 2. The summed E-state index contributed by atoms with van der Waals surface area (Å²) in [6.07, 6.45) is 0. The largest absolute Gasteiger partial charge is 0.345 e.